The number of benzene rings is 1. The fourth-order valence-electron chi connectivity index (χ4n) is 2.59. The van der Waals surface area contributed by atoms with Crippen LogP contribution in [0.5, 0.6) is 0 Å². The van der Waals surface area contributed by atoms with Crippen molar-refractivity contribution in [3.05, 3.63) is 39.4 Å². The van der Waals surface area contributed by atoms with Crippen LogP contribution in [-0.2, 0) is 14.8 Å². The van der Waals surface area contributed by atoms with E-state index < -0.39 is 21.1 Å². The number of fused-ring (bicyclic) bond motifs is 5. The van der Waals surface area contributed by atoms with Crippen molar-refractivity contribution in [2.75, 3.05) is 19.3 Å². The highest BCUT2D eigenvalue weighted by Gasteiger charge is 2.42. The summed E-state index contributed by atoms with van der Waals surface area (Å²) in [6.07, 6.45) is 0.415. The lowest BCUT2D eigenvalue weighted by Crippen LogP contribution is -2.39. The average molecular weight is 284 g/mol. The van der Waals surface area contributed by atoms with Crippen molar-refractivity contribution in [1.82, 2.24) is 4.31 Å². The molecule has 1 saturated heterocycles. The summed E-state index contributed by atoms with van der Waals surface area (Å²) in [6, 6.07) is 4.56. The van der Waals surface area contributed by atoms with E-state index in [0.717, 1.165) is 17.4 Å². The van der Waals surface area contributed by atoms with Gasteiger partial charge in [-0.15, -0.1) is 0 Å². The molecule has 1 fully saturated rings. The molecule has 2 atom stereocenters. The summed E-state index contributed by atoms with van der Waals surface area (Å²) in [5, 5.41) is 10.8. The second kappa shape index (κ2) is 3.99. The zero-order valence-electron chi connectivity index (χ0n) is 10.1. The summed E-state index contributed by atoms with van der Waals surface area (Å²) < 4.78 is 30.2. The van der Waals surface area contributed by atoms with Gasteiger partial charge in [-0.25, -0.2) is 8.42 Å². The van der Waals surface area contributed by atoms with Crippen LogP contribution in [0.25, 0.3) is 0 Å². The molecule has 0 amide bonds. The molecule has 0 aliphatic carbocycles. The van der Waals surface area contributed by atoms with Gasteiger partial charge in [-0.3, -0.25) is 10.1 Å². The van der Waals surface area contributed by atoms with Crippen molar-refractivity contribution in [2.24, 2.45) is 0 Å². The molecule has 1 aromatic rings. The summed E-state index contributed by atoms with van der Waals surface area (Å²) in [5.41, 5.74) is 1.58. The zero-order valence-corrected chi connectivity index (χ0v) is 11.0. The molecule has 2 bridgehead atoms. The first-order valence-corrected chi connectivity index (χ1v) is 7.60. The van der Waals surface area contributed by atoms with Crippen LogP contribution in [-0.4, -0.2) is 37.0 Å². The molecule has 0 saturated carbocycles. The second-order valence-corrected chi connectivity index (χ2v) is 6.75. The summed E-state index contributed by atoms with van der Waals surface area (Å²) in [7, 11) is -3.28. The van der Waals surface area contributed by atoms with Crippen molar-refractivity contribution in [3.8, 4) is 0 Å². The fourth-order valence-corrected chi connectivity index (χ4v) is 3.40. The number of hydrogen-bond donors (Lipinski definition) is 0. The van der Waals surface area contributed by atoms with E-state index in [-0.39, 0.29) is 24.9 Å². The number of nitro groups is 1. The number of non-ortho nitro benzene ring substituents is 1. The van der Waals surface area contributed by atoms with Crippen LogP contribution in [0.4, 0.5) is 5.69 Å². The minimum absolute atomic E-state index is 0.000746. The predicted octanol–water partition coefficient (Wildman–Crippen LogP) is 0.982. The SMILES string of the molecule is CS(=O)(=O)N1CC2OC(C1)c1cc([N+](=O)[O-])ccc12. The largest absolute Gasteiger partial charge is 0.363 e. The van der Waals surface area contributed by atoms with Crippen LogP contribution in [0.1, 0.15) is 23.3 Å². The van der Waals surface area contributed by atoms with Gasteiger partial charge in [0.2, 0.25) is 10.0 Å². The number of nitrogens with zero attached hydrogens (tertiary/aromatic N) is 2. The van der Waals surface area contributed by atoms with Crippen molar-refractivity contribution in [2.45, 2.75) is 12.2 Å². The Morgan fingerprint density at radius 3 is 2.53 bits per heavy atom. The molecule has 102 valence electrons. The average Bonchev–Trinajstić information content (AvgIpc) is 2.59. The maximum atomic E-state index is 11.6. The number of rotatable bonds is 2. The number of nitro benzene ring substituents is 1. The molecule has 3 rings (SSSR count). The van der Waals surface area contributed by atoms with Gasteiger partial charge in [0.05, 0.1) is 23.4 Å². The fraction of sp³-hybridized carbons (Fsp3) is 0.455. The Balaban J connectivity index is 2.00. The minimum atomic E-state index is -3.28. The summed E-state index contributed by atoms with van der Waals surface area (Å²) in [4.78, 5) is 10.3. The first kappa shape index (κ1) is 12.5. The normalized spacial score (nSPS) is 26.2. The van der Waals surface area contributed by atoms with Gasteiger partial charge in [0, 0.05) is 25.2 Å². The second-order valence-electron chi connectivity index (χ2n) is 4.76. The number of sulfonamides is 1. The van der Waals surface area contributed by atoms with Crippen LogP contribution < -0.4 is 0 Å². The molecule has 2 aliphatic rings. The van der Waals surface area contributed by atoms with E-state index >= 15 is 0 Å². The molecule has 0 radical (unpaired) electrons. The van der Waals surface area contributed by atoms with Gasteiger partial charge in [0.25, 0.3) is 5.69 Å². The highest BCUT2D eigenvalue weighted by Crippen LogP contribution is 2.44. The van der Waals surface area contributed by atoms with Crippen LogP contribution >= 0.6 is 0 Å². The first-order chi connectivity index (χ1) is 8.86. The summed E-state index contributed by atoms with van der Waals surface area (Å²) in [6.45, 7) is 0.476. The highest BCUT2D eigenvalue weighted by molar-refractivity contribution is 7.88. The Labute approximate surface area is 110 Å². The highest BCUT2D eigenvalue weighted by atomic mass is 32.2. The van der Waals surface area contributed by atoms with Crippen molar-refractivity contribution in [1.29, 1.82) is 0 Å². The standard InChI is InChI=1S/C11H12N2O5S/c1-19(16,17)12-5-10-8-3-2-7(13(14)15)4-9(8)11(6-12)18-10/h2-4,10-11H,5-6H2,1H3. The minimum Gasteiger partial charge on any atom is -0.363 e. The Morgan fingerprint density at radius 1 is 1.32 bits per heavy atom. The van der Waals surface area contributed by atoms with E-state index in [1.165, 1.54) is 16.4 Å². The molecule has 0 spiro atoms. The molecule has 0 aromatic heterocycles. The first-order valence-electron chi connectivity index (χ1n) is 5.75. The number of hydrogen-bond acceptors (Lipinski definition) is 5. The molecule has 1 aromatic carbocycles. The topological polar surface area (TPSA) is 89.8 Å². The third kappa shape index (κ3) is 2.01. The Morgan fingerprint density at radius 2 is 1.95 bits per heavy atom. The van der Waals surface area contributed by atoms with Gasteiger partial charge < -0.3 is 4.74 Å². The Kier molecular flexibility index (Phi) is 2.63. The zero-order chi connectivity index (χ0) is 13.8. The molecule has 0 N–H and O–H groups in total. The molecule has 2 unspecified atom stereocenters. The van der Waals surface area contributed by atoms with Gasteiger partial charge in [-0.05, 0) is 17.2 Å². The van der Waals surface area contributed by atoms with Crippen LogP contribution in [0.15, 0.2) is 18.2 Å². The lowest BCUT2D eigenvalue weighted by molar-refractivity contribution is -0.384. The molecule has 2 heterocycles. The van der Waals surface area contributed by atoms with Gasteiger partial charge in [0.15, 0.2) is 0 Å². The molecule has 19 heavy (non-hydrogen) atoms. The van der Waals surface area contributed by atoms with Crippen molar-refractivity contribution < 1.29 is 18.1 Å². The van der Waals surface area contributed by atoms with Crippen LogP contribution in [0.3, 0.4) is 0 Å². The van der Waals surface area contributed by atoms with Crippen molar-refractivity contribution in [3.63, 3.8) is 0 Å². The molecular formula is C11H12N2O5S. The van der Waals surface area contributed by atoms with E-state index in [2.05, 4.69) is 0 Å². The quantitative estimate of drug-likeness (QED) is 0.596. The maximum absolute atomic E-state index is 11.6. The van der Waals surface area contributed by atoms with Crippen LogP contribution in [0.2, 0.25) is 0 Å². The third-order valence-electron chi connectivity index (χ3n) is 3.51. The maximum Gasteiger partial charge on any atom is 0.269 e. The number of ether oxygens (including phenoxy) is 1. The lowest BCUT2D eigenvalue weighted by Gasteiger charge is -2.30. The Bertz CT molecular complexity index is 657. The third-order valence-corrected chi connectivity index (χ3v) is 4.75. The Hall–Kier alpha value is -1.51. The number of morpholine rings is 1. The van der Waals surface area contributed by atoms with Gasteiger partial charge in [0.1, 0.15) is 0 Å². The van der Waals surface area contributed by atoms with Gasteiger partial charge >= 0.3 is 0 Å². The molecule has 2 aliphatic heterocycles. The summed E-state index contributed by atoms with van der Waals surface area (Å²) >= 11 is 0. The smallest absolute Gasteiger partial charge is 0.269 e. The van der Waals surface area contributed by atoms with E-state index in [1.54, 1.807) is 6.07 Å². The molecular weight excluding hydrogens is 272 g/mol. The monoisotopic (exact) mass is 284 g/mol. The lowest BCUT2D eigenvalue weighted by atomic mass is 10.0. The van der Waals surface area contributed by atoms with E-state index in [0.29, 0.717) is 0 Å². The van der Waals surface area contributed by atoms with E-state index in [1.807, 2.05) is 0 Å². The molecule has 7 nitrogen and oxygen atoms in total. The van der Waals surface area contributed by atoms with Crippen LogP contribution in [0, 0.1) is 10.1 Å². The molecule has 8 heteroatoms. The predicted molar refractivity (Wildman–Crippen MR) is 66.1 cm³/mol. The van der Waals surface area contributed by atoms with Crippen molar-refractivity contribution >= 4 is 15.7 Å². The summed E-state index contributed by atoms with van der Waals surface area (Å²) in [5.74, 6) is 0. The van der Waals surface area contributed by atoms with Gasteiger partial charge in [-0.1, -0.05) is 0 Å². The van der Waals surface area contributed by atoms with E-state index in [9.17, 15) is 18.5 Å². The van der Waals surface area contributed by atoms with E-state index in [4.69, 9.17) is 4.74 Å². The van der Waals surface area contributed by atoms with Gasteiger partial charge in [-0.2, -0.15) is 4.31 Å².